The van der Waals surface area contributed by atoms with Crippen molar-refractivity contribution in [3.8, 4) is 6.07 Å². The third kappa shape index (κ3) is 5.16. The Morgan fingerprint density at radius 3 is 2.67 bits per heavy atom. The van der Waals surface area contributed by atoms with Gasteiger partial charge in [-0.25, -0.2) is 13.1 Å². The molecule has 0 radical (unpaired) electrons. The molecule has 1 aromatic carbocycles. The Morgan fingerprint density at radius 2 is 2.04 bits per heavy atom. The SMILES string of the molecule is CC1CN(CCCNS(=O)(=O)c2ccc(Cl)c(C#N)c2)CC(C)O1. The maximum atomic E-state index is 12.3. The van der Waals surface area contributed by atoms with Crippen LogP contribution in [0.1, 0.15) is 25.8 Å². The van der Waals surface area contributed by atoms with Gasteiger partial charge in [-0.3, -0.25) is 4.90 Å². The van der Waals surface area contributed by atoms with Crippen molar-refractivity contribution in [2.75, 3.05) is 26.2 Å². The first-order chi connectivity index (χ1) is 11.3. The normalized spacial score (nSPS) is 22.2. The smallest absolute Gasteiger partial charge is 0.240 e. The number of rotatable bonds is 6. The van der Waals surface area contributed by atoms with Crippen LogP contribution in [0.2, 0.25) is 5.02 Å². The molecule has 6 nitrogen and oxygen atoms in total. The van der Waals surface area contributed by atoms with Gasteiger partial charge in [0.05, 0.1) is 27.7 Å². The average Bonchev–Trinajstić information content (AvgIpc) is 2.51. The van der Waals surface area contributed by atoms with Gasteiger partial charge in [-0.15, -0.1) is 0 Å². The molecule has 1 N–H and O–H groups in total. The van der Waals surface area contributed by atoms with E-state index < -0.39 is 10.0 Å². The minimum Gasteiger partial charge on any atom is -0.373 e. The molecule has 0 saturated carbocycles. The van der Waals surface area contributed by atoms with E-state index in [0.717, 1.165) is 19.6 Å². The first-order valence-corrected chi connectivity index (χ1v) is 9.75. The molecule has 1 heterocycles. The van der Waals surface area contributed by atoms with Crippen molar-refractivity contribution in [1.29, 1.82) is 5.26 Å². The lowest BCUT2D eigenvalue weighted by atomic mass is 10.2. The summed E-state index contributed by atoms with van der Waals surface area (Å²) in [6, 6.07) is 5.99. The molecule has 8 heteroatoms. The van der Waals surface area contributed by atoms with Crippen LogP contribution in [0, 0.1) is 11.3 Å². The maximum Gasteiger partial charge on any atom is 0.240 e. The summed E-state index contributed by atoms with van der Waals surface area (Å²) < 4.78 is 32.8. The van der Waals surface area contributed by atoms with Gasteiger partial charge in [0.2, 0.25) is 10.0 Å². The molecule has 1 fully saturated rings. The van der Waals surface area contributed by atoms with Crippen LogP contribution in [0.4, 0.5) is 0 Å². The van der Waals surface area contributed by atoms with E-state index in [1.54, 1.807) is 0 Å². The fraction of sp³-hybridized carbons (Fsp3) is 0.562. The number of nitriles is 1. The Labute approximate surface area is 148 Å². The molecular weight excluding hydrogens is 350 g/mol. The van der Waals surface area contributed by atoms with Crippen LogP contribution in [0.15, 0.2) is 23.1 Å². The van der Waals surface area contributed by atoms with Crippen molar-refractivity contribution in [3.05, 3.63) is 28.8 Å². The number of sulfonamides is 1. The largest absolute Gasteiger partial charge is 0.373 e. The molecule has 0 bridgehead atoms. The highest BCUT2D eigenvalue weighted by Gasteiger charge is 2.22. The van der Waals surface area contributed by atoms with Crippen LogP contribution in [0.25, 0.3) is 0 Å². The highest BCUT2D eigenvalue weighted by Crippen LogP contribution is 2.19. The van der Waals surface area contributed by atoms with Gasteiger partial charge in [-0.2, -0.15) is 5.26 Å². The zero-order valence-corrected chi connectivity index (χ0v) is 15.4. The number of nitrogens with one attached hydrogen (secondary N) is 1. The Hall–Kier alpha value is -1.17. The number of hydrogen-bond donors (Lipinski definition) is 1. The van der Waals surface area contributed by atoms with Crippen LogP contribution >= 0.6 is 11.6 Å². The maximum absolute atomic E-state index is 12.3. The number of hydrogen-bond acceptors (Lipinski definition) is 5. The van der Waals surface area contributed by atoms with Crippen molar-refractivity contribution in [2.24, 2.45) is 0 Å². The Bertz CT molecular complexity index is 708. The molecule has 24 heavy (non-hydrogen) atoms. The highest BCUT2D eigenvalue weighted by molar-refractivity contribution is 7.89. The predicted molar refractivity (Wildman–Crippen MR) is 92.4 cm³/mol. The van der Waals surface area contributed by atoms with Gasteiger partial charge in [-0.05, 0) is 45.0 Å². The van der Waals surface area contributed by atoms with Crippen molar-refractivity contribution >= 4 is 21.6 Å². The van der Waals surface area contributed by atoms with Gasteiger partial charge < -0.3 is 4.74 Å². The molecule has 1 aliphatic rings. The van der Waals surface area contributed by atoms with Crippen molar-refractivity contribution in [1.82, 2.24) is 9.62 Å². The second-order valence-electron chi connectivity index (χ2n) is 6.02. The molecule has 2 unspecified atom stereocenters. The average molecular weight is 372 g/mol. The van der Waals surface area contributed by atoms with E-state index in [2.05, 4.69) is 9.62 Å². The van der Waals surface area contributed by atoms with E-state index in [1.165, 1.54) is 18.2 Å². The van der Waals surface area contributed by atoms with E-state index in [-0.39, 0.29) is 27.7 Å². The third-order valence-electron chi connectivity index (χ3n) is 3.81. The van der Waals surface area contributed by atoms with Crippen LogP contribution in [0.5, 0.6) is 0 Å². The molecule has 2 rings (SSSR count). The fourth-order valence-electron chi connectivity index (χ4n) is 2.82. The molecule has 2 atom stereocenters. The third-order valence-corrected chi connectivity index (χ3v) is 5.60. The predicted octanol–water partition coefficient (Wildman–Crippen LogP) is 1.99. The second-order valence-corrected chi connectivity index (χ2v) is 8.20. The molecule has 0 spiro atoms. The van der Waals surface area contributed by atoms with Gasteiger partial charge >= 0.3 is 0 Å². The second kappa shape index (κ2) is 8.28. The van der Waals surface area contributed by atoms with Crippen molar-refractivity contribution < 1.29 is 13.2 Å². The van der Waals surface area contributed by atoms with E-state index >= 15 is 0 Å². The molecule has 132 valence electrons. The van der Waals surface area contributed by atoms with Gasteiger partial charge in [0.15, 0.2) is 0 Å². The summed E-state index contributed by atoms with van der Waals surface area (Å²) >= 11 is 5.83. The van der Waals surface area contributed by atoms with Gasteiger partial charge in [-0.1, -0.05) is 11.6 Å². The van der Waals surface area contributed by atoms with Gasteiger partial charge in [0.25, 0.3) is 0 Å². The highest BCUT2D eigenvalue weighted by atomic mass is 35.5. The Morgan fingerprint density at radius 1 is 1.38 bits per heavy atom. The Balaban J connectivity index is 1.86. The minimum absolute atomic E-state index is 0.0528. The van der Waals surface area contributed by atoms with Crippen molar-refractivity contribution in [3.63, 3.8) is 0 Å². The summed E-state index contributed by atoms with van der Waals surface area (Å²) in [5.41, 5.74) is 0.149. The lowest BCUT2D eigenvalue weighted by Gasteiger charge is -2.35. The quantitative estimate of drug-likeness (QED) is 0.773. The van der Waals surface area contributed by atoms with Gasteiger partial charge in [0.1, 0.15) is 6.07 Å². The fourth-order valence-corrected chi connectivity index (χ4v) is 4.08. The summed E-state index contributed by atoms with van der Waals surface area (Å²) in [4.78, 5) is 2.33. The first kappa shape index (κ1) is 19.2. The van der Waals surface area contributed by atoms with Crippen LogP contribution < -0.4 is 4.72 Å². The van der Waals surface area contributed by atoms with E-state index in [9.17, 15) is 8.42 Å². The van der Waals surface area contributed by atoms with E-state index in [4.69, 9.17) is 21.6 Å². The van der Waals surface area contributed by atoms with Crippen LogP contribution in [-0.4, -0.2) is 51.7 Å². The summed E-state index contributed by atoms with van der Waals surface area (Å²) in [6.45, 7) is 6.95. The zero-order valence-electron chi connectivity index (χ0n) is 13.8. The summed E-state index contributed by atoms with van der Waals surface area (Å²) in [5.74, 6) is 0. The lowest BCUT2D eigenvalue weighted by molar-refractivity contribution is -0.0679. The number of benzene rings is 1. The van der Waals surface area contributed by atoms with E-state index in [1.807, 2.05) is 19.9 Å². The Kier molecular flexibility index (Phi) is 6.61. The lowest BCUT2D eigenvalue weighted by Crippen LogP contribution is -2.46. The van der Waals surface area contributed by atoms with Crippen molar-refractivity contribution in [2.45, 2.75) is 37.4 Å². The van der Waals surface area contributed by atoms with Crippen LogP contribution in [0.3, 0.4) is 0 Å². The molecule has 1 aromatic rings. The summed E-state index contributed by atoms with van der Waals surface area (Å²) in [6.07, 6.45) is 1.10. The molecule has 0 amide bonds. The molecule has 0 aliphatic carbocycles. The minimum atomic E-state index is -3.64. The standard InChI is InChI=1S/C16H22ClN3O3S/c1-12-10-20(11-13(2)23-12)7-3-6-19-24(21,22)15-4-5-16(17)14(8-15)9-18/h4-5,8,12-13,19H,3,6-7,10-11H2,1-2H3. The number of morpholine rings is 1. The summed E-state index contributed by atoms with van der Waals surface area (Å²) in [7, 11) is -3.64. The number of halogens is 1. The first-order valence-electron chi connectivity index (χ1n) is 7.89. The number of nitrogens with zero attached hydrogens (tertiary/aromatic N) is 2. The monoisotopic (exact) mass is 371 g/mol. The molecular formula is C16H22ClN3O3S. The van der Waals surface area contributed by atoms with Crippen LogP contribution in [-0.2, 0) is 14.8 Å². The topological polar surface area (TPSA) is 82.4 Å². The summed E-state index contributed by atoms with van der Waals surface area (Å²) in [5, 5.41) is 9.19. The number of ether oxygens (including phenoxy) is 1. The molecule has 0 aromatic heterocycles. The van der Waals surface area contributed by atoms with E-state index in [0.29, 0.717) is 13.0 Å². The zero-order chi connectivity index (χ0) is 17.7. The molecule has 1 saturated heterocycles. The molecule has 1 aliphatic heterocycles. The van der Waals surface area contributed by atoms with Gasteiger partial charge in [0, 0.05) is 19.6 Å².